The lowest BCUT2D eigenvalue weighted by atomic mass is 10.2. The van der Waals surface area contributed by atoms with E-state index in [1.54, 1.807) is 0 Å². The minimum atomic E-state index is 0.446. The van der Waals surface area contributed by atoms with Crippen LogP contribution in [0.15, 0.2) is 17.2 Å². The van der Waals surface area contributed by atoms with Crippen molar-refractivity contribution in [2.24, 2.45) is 0 Å². The van der Waals surface area contributed by atoms with Crippen molar-refractivity contribution < 1.29 is 4.52 Å². The van der Waals surface area contributed by atoms with Crippen molar-refractivity contribution in [1.29, 1.82) is 0 Å². The molecule has 2 rings (SSSR count). The van der Waals surface area contributed by atoms with Crippen LogP contribution in [-0.2, 0) is 6.54 Å². The van der Waals surface area contributed by atoms with E-state index in [1.807, 2.05) is 17.8 Å². The third-order valence-corrected chi connectivity index (χ3v) is 3.64. The molecule has 15 heavy (non-hydrogen) atoms. The van der Waals surface area contributed by atoms with E-state index in [9.17, 15) is 0 Å². The van der Waals surface area contributed by atoms with Gasteiger partial charge >= 0.3 is 0 Å². The molecule has 1 aromatic rings. The van der Waals surface area contributed by atoms with E-state index < -0.39 is 0 Å². The van der Waals surface area contributed by atoms with E-state index in [1.165, 1.54) is 18.6 Å². The van der Waals surface area contributed by atoms with Crippen LogP contribution in [-0.4, -0.2) is 22.4 Å². The molecule has 1 aromatic heterocycles. The van der Waals surface area contributed by atoms with Crippen molar-refractivity contribution in [1.82, 2.24) is 15.5 Å². The summed E-state index contributed by atoms with van der Waals surface area (Å²) in [5.74, 6) is 2.73. The number of nitrogens with one attached hydrogen (secondary N) is 1. The number of thioether (sulfide) groups is 1. The number of aromatic nitrogens is 2. The van der Waals surface area contributed by atoms with Crippen molar-refractivity contribution in [3.05, 3.63) is 24.4 Å². The smallest absolute Gasteiger partial charge is 0.240 e. The molecule has 0 aromatic carbocycles. The highest BCUT2D eigenvalue weighted by molar-refractivity contribution is 7.99. The first-order valence-electron chi connectivity index (χ1n) is 5.16. The molecule has 0 amide bonds. The molecule has 0 aliphatic carbocycles. The molecule has 0 radical (unpaired) electrons. The Morgan fingerprint density at radius 1 is 1.67 bits per heavy atom. The molecule has 0 saturated carbocycles. The molecule has 0 bridgehead atoms. The lowest BCUT2D eigenvalue weighted by Crippen LogP contribution is -2.12. The Morgan fingerprint density at radius 2 is 2.60 bits per heavy atom. The van der Waals surface area contributed by atoms with Gasteiger partial charge in [0.05, 0.1) is 11.8 Å². The Balaban J connectivity index is 1.88. The average molecular weight is 225 g/mol. The molecule has 4 nitrogen and oxygen atoms in total. The molecular weight excluding hydrogens is 210 g/mol. The summed E-state index contributed by atoms with van der Waals surface area (Å²) in [6, 6.07) is 0. The van der Waals surface area contributed by atoms with E-state index in [-0.39, 0.29) is 0 Å². The van der Waals surface area contributed by atoms with Gasteiger partial charge in [-0.2, -0.15) is 16.7 Å². The van der Waals surface area contributed by atoms with Gasteiger partial charge in [0.2, 0.25) is 5.89 Å². The van der Waals surface area contributed by atoms with E-state index in [0.717, 1.165) is 12.4 Å². The highest BCUT2D eigenvalue weighted by Gasteiger charge is 2.22. The third kappa shape index (κ3) is 2.82. The van der Waals surface area contributed by atoms with Crippen LogP contribution in [0.4, 0.5) is 0 Å². The standard InChI is InChI=1S/C10H15N3OS/c1-2-5-11-7-9-12-10(13-14-9)8-4-3-6-15-8/h2,8,11H,1,3-7H2. The van der Waals surface area contributed by atoms with Crippen LogP contribution in [0.2, 0.25) is 0 Å². The Kier molecular flexibility index (Phi) is 3.80. The first-order chi connectivity index (χ1) is 7.40. The first kappa shape index (κ1) is 10.7. The molecule has 5 heteroatoms. The molecule has 2 heterocycles. The summed E-state index contributed by atoms with van der Waals surface area (Å²) in [4.78, 5) is 4.37. The largest absolute Gasteiger partial charge is 0.338 e. The molecular formula is C10H15N3OS. The maximum Gasteiger partial charge on any atom is 0.240 e. The second kappa shape index (κ2) is 5.32. The molecule has 1 N–H and O–H groups in total. The molecule has 1 aliphatic rings. The fraction of sp³-hybridized carbons (Fsp3) is 0.600. The summed E-state index contributed by atoms with van der Waals surface area (Å²) in [6.07, 6.45) is 4.24. The van der Waals surface area contributed by atoms with Crippen LogP contribution in [0.5, 0.6) is 0 Å². The maximum absolute atomic E-state index is 5.15. The van der Waals surface area contributed by atoms with Crippen molar-refractivity contribution in [3.63, 3.8) is 0 Å². The number of nitrogens with zero attached hydrogens (tertiary/aromatic N) is 2. The highest BCUT2D eigenvalue weighted by Crippen LogP contribution is 2.38. The molecule has 1 saturated heterocycles. The maximum atomic E-state index is 5.15. The summed E-state index contributed by atoms with van der Waals surface area (Å²) >= 11 is 1.92. The molecule has 1 atom stereocenters. The normalized spacial score (nSPS) is 20.7. The van der Waals surface area contributed by atoms with Gasteiger partial charge in [0, 0.05) is 6.54 Å². The van der Waals surface area contributed by atoms with Gasteiger partial charge in [-0.05, 0) is 18.6 Å². The molecule has 1 unspecified atom stereocenters. The lowest BCUT2D eigenvalue weighted by Gasteiger charge is -1.99. The Morgan fingerprint density at radius 3 is 3.33 bits per heavy atom. The number of hydrogen-bond acceptors (Lipinski definition) is 5. The summed E-state index contributed by atoms with van der Waals surface area (Å²) in [5, 5.41) is 7.58. The minimum absolute atomic E-state index is 0.446. The van der Waals surface area contributed by atoms with Crippen molar-refractivity contribution in [3.8, 4) is 0 Å². The first-order valence-corrected chi connectivity index (χ1v) is 6.20. The predicted molar refractivity (Wildman–Crippen MR) is 60.6 cm³/mol. The fourth-order valence-electron chi connectivity index (χ4n) is 1.53. The lowest BCUT2D eigenvalue weighted by molar-refractivity contribution is 0.365. The van der Waals surface area contributed by atoms with Gasteiger partial charge in [-0.3, -0.25) is 0 Å². The summed E-state index contributed by atoms with van der Waals surface area (Å²) in [5.41, 5.74) is 0. The molecule has 0 spiro atoms. The SMILES string of the molecule is C=CCNCc1nc(C2CCCS2)no1. The van der Waals surface area contributed by atoms with Gasteiger partial charge in [0.1, 0.15) is 0 Å². The highest BCUT2D eigenvalue weighted by atomic mass is 32.2. The second-order valence-corrected chi connectivity index (χ2v) is 4.78. The van der Waals surface area contributed by atoms with Crippen LogP contribution in [0, 0.1) is 0 Å². The monoisotopic (exact) mass is 225 g/mol. The van der Waals surface area contributed by atoms with Crippen LogP contribution in [0.25, 0.3) is 0 Å². The van der Waals surface area contributed by atoms with Crippen LogP contribution in [0.3, 0.4) is 0 Å². The summed E-state index contributed by atoms with van der Waals surface area (Å²) in [7, 11) is 0. The Labute approximate surface area is 93.5 Å². The van der Waals surface area contributed by atoms with E-state index >= 15 is 0 Å². The average Bonchev–Trinajstić information content (AvgIpc) is 2.87. The van der Waals surface area contributed by atoms with E-state index in [4.69, 9.17) is 4.52 Å². The zero-order chi connectivity index (χ0) is 10.5. The molecule has 1 aliphatic heterocycles. The summed E-state index contributed by atoms with van der Waals surface area (Å²) < 4.78 is 5.15. The van der Waals surface area contributed by atoms with Gasteiger partial charge < -0.3 is 9.84 Å². The van der Waals surface area contributed by atoms with Crippen molar-refractivity contribution in [2.45, 2.75) is 24.6 Å². The zero-order valence-corrected chi connectivity index (χ0v) is 9.42. The second-order valence-electron chi connectivity index (χ2n) is 3.47. The van der Waals surface area contributed by atoms with Crippen LogP contribution in [0.1, 0.15) is 29.8 Å². The molecule has 1 fully saturated rings. The van der Waals surface area contributed by atoms with Crippen molar-refractivity contribution >= 4 is 11.8 Å². The van der Waals surface area contributed by atoms with Gasteiger partial charge in [0.25, 0.3) is 0 Å². The van der Waals surface area contributed by atoms with Crippen LogP contribution < -0.4 is 5.32 Å². The molecule has 82 valence electrons. The fourth-order valence-corrected chi connectivity index (χ4v) is 2.73. The Bertz CT molecular complexity index is 320. The number of hydrogen-bond donors (Lipinski definition) is 1. The van der Waals surface area contributed by atoms with Gasteiger partial charge in [-0.1, -0.05) is 11.2 Å². The quantitative estimate of drug-likeness (QED) is 0.613. The Hall–Kier alpha value is -0.810. The zero-order valence-electron chi connectivity index (χ0n) is 8.61. The van der Waals surface area contributed by atoms with Crippen LogP contribution >= 0.6 is 11.8 Å². The van der Waals surface area contributed by atoms with E-state index in [0.29, 0.717) is 17.7 Å². The number of rotatable bonds is 5. The van der Waals surface area contributed by atoms with Gasteiger partial charge in [-0.25, -0.2) is 0 Å². The van der Waals surface area contributed by atoms with Gasteiger partial charge in [-0.15, -0.1) is 6.58 Å². The van der Waals surface area contributed by atoms with Crippen molar-refractivity contribution in [2.75, 3.05) is 12.3 Å². The van der Waals surface area contributed by atoms with E-state index in [2.05, 4.69) is 22.0 Å². The topological polar surface area (TPSA) is 51.0 Å². The minimum Gasteiger partial charge on any atom is -0.338 e. The predicted octanol–water partition coefficient (Wildman–Crippen LogP) is 1.91. The summed E-state index contributed by atoms with van der Waals surface area (Å²) in [6.45, 7) is 5.01. The third-order valence-electron chi connectivity index (χ3n) is 2.27. The van der Waals surface area contributed by atoms with Gasteiger partial charge in [0.15, 0.2) is 5.82 Å².